The summed E-state index contributed by atoms with van der Waals surface area (Å²) in [5, 5.41) is 10.9. The van der Waals surface area contributed by atoms with Crippen LogP contribution in [0.25, 0.3) is 44.7 Å². The normalized spacial score (nSPS) is 11.2. The molecule has 5 rings (SSSR count). The van der Waals surface area contributed by atoms with Gasteiger partial charge in [-0.25, -0.2) is 9.97 Å². The first kappa shape index (κ1) is 16.1. The van der Waals surface area contributed by atoms with E-state index in [1.165, 1.54) is 6.92 Å². The molecule has 1 aromatic carbocycles. The highest BCUT2D eigenvalue weighted by Crippen LogP contribution is 2.29. The van der Waals surface area contributed by atoms with Crippen LogP contribution < -0.4 is 5.32 Å². The molecule has 0 spiro atoms. The molecule has 0 bridgehead atoms. The van der Waals surface area contributed by atoms with E-state index in [-0.39, 0.29) is 5.91 Å². The van der Waals surface area contributed by atoms with E-state index in [0.717, 1.165) is 33.2 Å². The van der Waals surface area contributed by atoms with Crippen LogP contribution in [0.2, 0.25) is 0 Å². The molecule has 0 aliphatic heterocycles. The number of amides is 1. The van der Waals surface area contributed by atoms with Gasteiger partial charge in [-0.3, -0.25) is 14.9 Å². The summed E-state index contributed by atoms with van der Waals surface area (Å²) in [6.07, 6.45) is 5.07. The molecule has 0 saturated carbocycles. The van der Waals surface area contributed by atoms with Crippen molar-refractivity contribution < 1.29 is 4.79 Å². The number of para-hydroxylation sites is 2. The summed E-state index contributed by atoms with van der Waals surface area (Å²) in [6, 6.07) is 11.7. The SMILES string of the molecule is CC(=O)Nc1cncc(-c2cnc3n[nH]c(-c4nc5ccccc5[nH]4)c3c2)c1. The van der Waals surface area contributed by atoms with E-state index >= 15 is 0 Å². The van der Waals surface area contributed by atoms with Crippen LogP contribution in [0.5, 0.6) is 0 Å². The van der Waals surface area contributed by atoms with Gasteiger partial charge in [0.25, 0.3) is 0 Å². The van der Waals surface area contributed by atoms with E-state index in [1.54, 1.807) is 18.6 Å². The number of pyridine rings is 2. The van der Waals surface area contributed by atoms with Crippen molar-refractivity contribution in [2.45, 2.75) is 6.92 Å². The molecule has 28 heavy (non-hydrogen) atoms. The molecule has 136 valence electrons. The van der Waals surface area contributed by atoms with Crippen molar-refractivity contribution in [1.29, 1.82) is 0 Å². The third-order valence-electron chi connectivity index (χ3n) is 4.43. The molecule has 4 aromatic heterocycles. The Hall–Kier alpha value is -4.07. The molecular formula is C20H15N7O. The molecule has 4 heterocycles. The minimum Gasteiger partial charge on any atom is -0.337 e. The van der Waals surface area contributed by atoms with Gasteiger partial charge in [-0.15, -0.1) is 0 Å². The van der Waals surface area contributed by atoms with Crippen LogP contribution in [-0.4, -0.2) is 36.0 Å². The van der Waals surface area contributed by atoms with Crippen molar-refractivity contribution in [3.05, 3.63) is 55.0 Å². The van der Waals surface area contributed by atoms with Crippen LogP contribution in [0.15, 0.2) is 55.0 Å². The second-order valence-corrected chi connectivity index (χ2v) is 6.44. The van der Waals surface area contributed by atoms with E-state index in [1.807, 2.05) is 36.4 Å². The Morgan fingerprint density at radius 2 is 1.93 bits per heavy atom. The van der Waals surface area contributed by atoms with Gasteiger partial charge in [0.1, 0.15) is 5.69 Å². The van der Waals surface area contributed by atoms with Gasteiger partial charge in [0.15, 0.2) is 11.5 Å². The Labute approximate surface area is 159 Å². The number of carbonyl (C=O) groups excluding carboxylic acids is 1. The van der Waals surface area contributed by atoms with E-state index in [0.29, 0.717) is 17.2 Å². The summed E-state index contributed by atoms with van der Waals surface area (Å²) < 4.78 is 0. The summed E-state index contributed by atoms with van der Waals surface area (Å²) in [5.74, 6) is 0.558. The summed E-state index contributed by atoms with van der Waals surface area (Å²) in [4.78, 5) is 27.9. The number of benzene rings is 1. The molecule has 0 unspecified atom stereocenters. The summed E-state index contributed by atoms with van der Waals surface area (Å²) in [7, 11) is 0. The second-order valence-electron chi connectivity index (χ2n) is 6.44. The largest absolute Gasteiger partial charge is 0.337 e. The monoisotopic (exact) mass is 369 g/mol. The number of nitrogens with zero attached hydrogens (tertiary/aromatic N) is 4. The average Bonchev–Trinajstić information content (AvgIpc) is 3.30. The van der Waals surface area contributed by atoms with E-state index in [9.17, 15) is 4.79 Å². The zero-order valence-electron chi connectivity index (χ0n) is 14.9. The van der Waals surface area contributed by atoms with Gasteiger partial charge in [0, 0.05) is 30.4 Å². The smallest absolute Gasteiger partial charge is 0.221 e. The van der Waals surface area contributed by atoms with Crippen LogP contribution >= 0.6 is 0 Å². The lowest BCUT2D eigenvalue weighted by molar-refractivity contribution is -0.114. The van der Waals surface area contributed by atoms with E-state index in [4.69, 9.17) is 0 Å². The fourth-order valence-corrected chi connectivity index (χ4v) is 3.18. The Bertz CT molecular complexity index is 1300. The molecule has 5 aromatic rings. The number of imidazole rings is 1. The molecule has 0 saturated heterocycles. The molecule has 0 aliphatic rings. The Kier molecular flexibility index (Phi) is 3.61. The van der Waals surface area contributed by atoms with Gasteiger partial charge in [0.2, 0.25) is 5.91 Å². The van der Waals surface area contributed by atoms with Gasteiger partial charge in [-0.05, 0) is 24.3 Å². The Morgan fingerprint density at radius 3 is 2.79 bits per heavy atom. The highest BCUT2D eigenvalue weighted by molar-refractivity contribution is 5.94. The lowest BCUT2D eigenvalue weighted by atomic mass is 10.1. The Morgan fingerprint density at radius 1 is 1.07 bits per heavy atom. The predicted molar refractivity (Wildman–Crippen MR) is 107 cm³/mol. The molecule has 0 fully saturated rings. The third-order valence-corrected chi connectivity index (χ3v) is 4.43. The number of fused-ring (bicyclic) bond motifs is 2. The first-order chi connectivity index (χ1) is 13.7. The zero-order valence-corrected chi connectivity index (χ0v) is 14.9. The number of carbonyl (C=O) groups is 1. The Balaban J connectivity index is 1.61. The maximum Gasteiger partial charge on any atom is 0.221 e. The molecule has 1 amide bonds. The van der Waals surface area contributed by atoms with Crippen LogP contribution in [0.4, 0.5) is 5.69 Å². The number of hydrogen-bond donors (Lipinski definition) is 3. The molecule has 8 heteroatoms. The lowest BCUT2D eigenvalue weighted by Gasteiger charge is -2.05. The first-order valence-corrected chi connectivity index (χ1v) is 8.69. The van der Waals surface area contributed by atoms with Crippen molar-refractivity contribution in [3.8, 4) is 22.6 Å². The number of aromatic amines is 2. The fourth-order valence-electron chi connectivity index (χ4n) is 3.18. The standard InChI is InChI=1S/C20H15N7O/c1-11(28)23-14-6-12(8-21-10-14)13-7-15-18(26-27-19(15)22-9-13)20-24-16-4-2-3-5-17(16)25-20/h2-10H,1H3,(H,23,28)(H,24,25)(H,22,26,27). The van der Waals surface area contributed by atoms with E-state index < -0.39 is 0 Å². The molecular weight excluding hydrogens is 354 g/mol. The summed E-state index contributed by atoms with van der Waals surface area (Å²) >= 11 is 0. The number of H-pyrrole nitrogens is 2. The molecule has 8 nitrogen and oxygen atoms in total. The average molecular weight is 369 g/mol. The topological polar surface area (TPSA) is 112 Å². The van der Waals surface area contributed by atoms with Crippen molar-refractivity contribution in [1.82, 2.24) is 30.1 Å². The third kappa shape index (κ3) is 2.77. The second kappa shape index (κ2) is 6.27. The van der Waals surface area contributed by atoms with Crippen LogP contribution in [0, 0.1) is 0 Å². The zero-order chi connectivity index (χ0) is 19.1. The number of anilines is 1. The predicted octanol–water partition coefficient (Wildman–Crippen LogP) is 3.52. The molecule has 0 aliphatic carbocycles. The number of hydrogen-bond acceptors (Lipinski definition) is 5. The highest BCUT2D eigenvalue weighted by atomic mass is 16.1. The van der Waals surface area contributed by atoms with Crippen molar-refractivity contribution in [3.63, 3.8) is 0 Å². The van der Waals surface area contributed by atoms with Gasteiger partial charge < -0.3 is 10.3 Å². The van der Waals surface area contributed by atoms with Crippen molar-refractivity contribution >= 4 is 33.7 Å². The number of aromatic nitrogens is 6. The van der Waals surface area contributed by atoms with Crippen molar-refractivity contribution in [2.24, 2.45) is 0 Å². The lowest BCUT2D eigenvalue weighted by Crippen LogP contribution is -2.05. The fraction of sp³-hybridized carbons (Fsp3) is 0.0500. The quantitative estimate of drug-likeness (QED) is 0.450. The van der Waals surface area contributed by atoms with Gasteiger partial charge in [0.05, 0.1) is 28.3 Å². The molecule has 3 N–H and O–H groups in total. The highest BCUT2D eigenvalue weighted by Gasteiger charge is 2.14. The van der Waals surface area contributed by atoms with E-state index in [2.05, 4.69) is 35.5 Å². The minimum atomic E-state index is -0.144. The maximum absolute atomic E-state index is 11.3. The van der Waals surface area contributed by atoms with Crippen LogP contribution in [0.3, 0.4) is 0 Å². The number of rotatable bonds is 3. The van der Waals surface area contributed by atoms with Crippen LogP contribution in [-0.2, 0) is 4.79 Å². The van der Waals surface area contributed by atoms with Gasteiger partial charge >= 0.3 is 0 Å². The number of nitrogens with one attached hydrogen (secondary N) is 3. The molecule has 0 radical (unpaired) electrons. The first-order valence-electron chi connectivity index (χ1n) is 8.69. The van der Waals surface area contributed by atoms with Crippen LogP contribution in [0.1, 0.15) is 6.92 Å². The summed E-state index contributed by atoms with van der Waals surface area (Å²) in [5.41, 5.74) is 5.56. The summed E-state index contributed by atoms with van der Waals surface area (Å²) in [6.45, 7) is 1.46. The van der Waals surface area contributed by atoms with Crippen molar-refractivity contribution in [2.75, 3.05) is 5.32 Å². The van der Waals surface area contributed by atoms with Gasteiger partial charge in [-0.2, -0.15) is 5.10 Å². The minimum absolute atomic E-state index is 0.144. The van der Waals surface area contributed by atoms with Gasteiger partial charge in [-0.1, -0.05) is 12.1 Å². The molecule has 0 atom stereocenters. The maximum atomic E-state index is 11.3.